The molecule has 1 aliphatic rings. The standard InChI is InChI=1S/C18H20F3N3O/c19-18(20,21)13-5-7-14(8-6-13)24-12-15(11-22)23(9-10-25)16-3-1-2-4-17(16)24/h1-8,15,25H,9-12,22H2. The molecule has 3 rings (SSSR count). The molecule has 0 radical (unpaired) electrons. The van der Waals surface area contributed by atoms with Crippen molar-refractivity contribution in [3.05, 3.63) is 54.1 Å². The molecule has 0 aliphatic carbocycles. The van der Waals surface area contributed by atoms with E-state index in [1.54, 1.807) is 0 Å². The number of nitrogens with two attached hydrogens (primary N) is 1. The van der Waals surface area contributed by atoms with E-state index in [1.165, 1.54) is 12.1 Å². The fraction of sp³-hybridized carbons (Fsp3) is 0.333. The van der Waals surface area contributed by atoms with Crippen LogP contribution in [0, 0.1) is 0 Å². The van der Waals surface area contributed by atoms with Gasteiger partial charge < -0.3 is 20.6 Å². The Kier molecular flexibility index (Phi) is 4.87. The van der Waals surface area contributed by atoms with Gasteiger partial charge in [-0.3, -0.25) is 0 Å². The zero-order valence-corrected chi connectivity index (χ0v) is 13.6. The smallest absolute Gasteiger partial charge is 0.395 e. The third-order valence-electron chi connectivity index (χ3n) is 4.44. The lowest BCUT2D eigenvalue weighted by molar-refractivity contribution is -0.137. The maximum Gasteiger partial charge on any atom is 0.416 e. The zero-order valence-electron chi connectivity index (χ0n) is 13.6. The van der Waals surface area contributed by atoms with Crippen molar-refractivity contribution in [2.24, 2.45) is 5.73 Å². The number of hydrogen-bond acceptors (Lipinski definition) is 4. The van der Waals surface area contributed by atoms with Crippen LogP contribution in [0.3, 0.4) is 0 Å². The lowest BCUT2D eigenvalue weighted by Crippen LogP contribution is -2.52. The van der Waals surface area contributed by atoms with Gasteiger partial charge in [0.1, 0.15) is 0 Å². The van der Waals surface area contributed by atoms with Crippen LogP contribution in [0.15, 0.2) is 48.5 Å². The van der Waals surface area contributed by atoms with Gasteiger partial charge in [0.15, 0.2) is 0 Å². The number of β-amino-alcohol motifs (C(OH)–C–C–N with tert-alkyl or cyclic N) is 1. The molecule has 1 atom stereocenters. The average molecular weight is 351 g/mol. The van der Waals surface area contributed by atoms with Gasteiger partial charge >= 0.3 is 6.18 Å². The van der Waals surface area contributed by atoms with Crippen LogP contribution >= 0.6 is 0 Å². The Morgan fingerprint density at radius 3 is 2.24 bits per heavy atom. The molecule has 4 nitrogen and oxygen atoms in total. The molecule has 1 unspecified atom stereocenters. The largest absolute Gasteiger partial charge is 0.416 e. The molecule has 3 N–H and O–H groups in total. The second kappa shape index (κ2) is 6.93. The first-order valence-electron chi connectivity index (χ1n) is 8.07. The number of aliphatic hydroxyl groups excluding tert-OH is 1. The van der Waals surface area contributed by atoms with Crippen molar-refractivity contribution < 1.29 is 18.3 Å². The summed E-state index contributed by atoms with van der Waals surface area (Å²) in [6, 6.07) is 12.7. The maximum absolute atomic E-state index is 12.8. The lowest BCUT2D eigenvalue weighted by atomic mass is 10.0. The summed E-state index contributed by atoms with van der Waals surface area (Å²) >= 11 is 0. The summed E-state index contributed by atoms with van der Waals surface area (Å²) in [5.74, 6) is 0. The molecule has 7 heteroatoms. The predicted molar refractivity (Wildman–Crippen MR) is 92.2 cm³/mol. The zero-order chi connectivity index (χ0) is 18.0. The van der Waals surface area contributed by atoms with E-state index >= 15 is 0 Å². The minimum Gasteiger partial charge on any atom is -0.395 e. The normalized spacial score (nSPS) is 17.6. The highest BCUT2D eigenvalue weighted by atomic mass is 19.4. The monoisotopic (exact) mass is 351 g/mol. The number of nitrogens with zero attached hydrogens (tertiary/aromatic N) is 2. The molecule has 0 amide bonds. The molecule has 134 valence electrons. The highest BCUT2D eigenvalue weighted by Gasteiger charge is 2.32. The van der Waals surface area contributed by atoms with Gasteiger partial charge in [-0.2, -0.15) is 13.2 Å². The van der Waals surface area contributed by atoms with Gasteiger partial charge in [0.25, 0.3) is 0 Å². The molecule has 0 saturated heterocycles. The average Bonchev–Trinajstić information content (AvgIpc) is 2.61. The van der Waals surface area contributed by atoms with Crippen LogP contribution in [-0.2, 0) is 6.18 Å². The minimum absolute atomic E-state index is 0.00507. The third kappa shape index (κ3) is 3.43. The van der Waals surface area contributed by atoms with Crippen molar-refractivity contribution >= 4 is 17.1 Å². The second-order valence-electron chi connectivity index (χ2n) is 5.95. The van der Waals surface area contributed by atoms with Crippen LogP contribution in [0.25, 0.3) is 0 Å². The van der Waals surface area contributed by atoms with E-state index in [9.17, 15) is 18.3 Å². The predicted octanol–water partition coefficient (Wildman–Crippen LogP) is 2.98. The number of aliphatic hydroxyl groups is 1. The molecule has 25 heavy (non-hydrogen) atoms. The van der Waals surface area contributed by atoms with E-state index in [0.717, 1.165) is 23.5 Å². The lowest BCUT2D eigenvalue weighted by Gasteiger charge is -2.44. The Hall–Kier alpha value is -2.25. The van der Waals surface area contributed by atoms with Gasteiger partial charge in [-0.1, -0.05) is 12.1 Å². The summed E-state index contributed by atoms with van der Waals surface area (Å²) in [4.78, 5) is 4.02. The number of alkyl halides is 3. The molecular formula is C18H20F3N3O. The van der Waals surface area contributed by atoms with Crippen LogP contribution in [0.4, 0.5) is 30.2 Å². The first-order valence-corrected chi connectivity index (χ1v) is 8.07. The van der Waals surface area contributed by atoms with Crippen molar-refractivity contribution in [3.8, 4) is 0 Å². The summed E-state index contributed by atoms with van der Waals surface area (Å²) in [6.07, 6.45) is -4.35. The van der Waals surface area contributed by atoms with E-state index in [-0.39, 0.29) is 12.6 Å². The van der Waals surface area contributed by atoms with Crippen molar-refractivity contribution in [1.29, 1.82) is 0 Å². The summed E-state index contributed by atoms with van der Waals surface area (Å²) < 4.78 is 38.4. The molecule has 0 bridgehead atoms. The van der Waals surface area contributed by atoms with Crippen molar-refractivity contribution in [2.45, 2.75) is 12.2 Å². The van der Waals surface area contributed by atoms with E-state index in [4.69, 9.17) is 5.73 Å². The van der Waals surface area contributed by atoms with Crippen molar-refractivity contribution in [3.63, 3.8) is 0 Å². The topological polar surface area (TPSA) is 52.7 Å². The molecule has 0 aromatic heterocycles. The first kappa shape index (κ1) is 17.6. The van der Waals surface area contributed by atoms with E-state index < -0.39 is 11.7 Å². The van der Waals surface area contributed by atoms with Gasteiger partial charge in [0.2, 0.25) is 0 Å². The molecule has 0 saturated carbocycles. The summed E-state index contributed by atoms with van der Waals surface area (Å²) in [6.45, 7) is 1.38. The fourth-order valence-electron chi connectivity index (χ4n) is 3.23. The number of fused-ring (bicyclic) bond motifs is 1. The van der Waals surface area contributed by atoms with E-state index in [0.29, 0.717) is 25.3 Å². The quantitative estimate of drug-likeness (QED) is 0.889. The Labute approximate surface area is 144 Å². The van der Waals surface area contributed by atoms with Gasteiger partial charge in [0.05, 0.1) is 29.6 Å². The molecule has 2 aromatic rings. The Morgan fingerprint density at radius 2 is 1.68 bits per heavy atom. The van der Waals surface area contributed by atoms with Crippen LogP contribution in [-0.4, -0.2) is 37.4 Å². The Balaban J connectivity index is 2.00. The molecule has 1 aliphatic heterocycles. The second-order valence-corrected chi connectivity index (χ2v) is 5.95. The molecule has 1 heterocycles. The Morgan fingerprint density at radius 1 is 1.04 bits per heavy atom. The van der Waals surface area contributed by atoms with Gasteiger partial charge in [0, 0.05) is 25.3 Å². The van der Waals surface area contributed by atoms with Gasteiger partial charge in [-0.15, -0.1) is 0 Å². The van der Waals surface area contributed by atoms with Crippen molar-refractivity contribution in [2.75, 3.05) is 36.0 Å². The third-order valence-corrected chi connectivity index (χ3v) is 4.44. The van der Waals surface area contributed by atoms with Crippen LogP contribution in [0.2, 0.25) is 0 Å². The summed E-state index contributed by atoms with van der Waals surface area (Å²) in [5, 5.41) is 9.34. The number of anilines is 3. The number of para-hydroxylation sites is 2. The number of benzene rings is 2. The van der Waals surface area contributed by atoms with Crippen molar-refractivity contribution in [1.82, 2.24) is 0 Å². The van der Waals surface area contributed by atoms with Crippen LogP contribution in [0.5, 0.6) is 0 Å². The van der Waals surface area contributed by atoms with Crippen LogP contribution in [0.1, 0.15) is 5.56 Å². The molecule has 0 fully saturated rings. The maximum atomic E-state index is 12.8. The first-order chi connectivity index (χ1) is 12.0. The summed E-state index contributed by atoms with van der Waals surface area (Å²) in [7, 11) is 0. The van der Waals surface area contributed by atoms with Gasteiger partial charge in [-0.05, 0) is 36.4 Å². The summed E-state index contributed by atoms with van der Waals surface area (Å²) in [5.41, 5.74) is 7.72. The highest BCUT2D eigenvalue weighted by molar-refractivity contribution is 5.80. The fourth-order valence-corrected chi connectivity index (χ4v) is 3.23. The SMILES string of the molecule is NCC1CN(c2ccc(C(F)(F)F)cc2)c2ccccc2N1CCO. The number of rotatable bonds is 4. The van der Waals surface area contributed by atoms with E-state index in [2.05, 4.69) is 4.90 Å². The van der Waals surface area contributed by atoms with Gasteiger partial charge in [-0.25, -0.2) is 0 Å². The number of hydrogen-bond donors (Lipinski definition) is 2. The Bertz CT molecular complexity index is 718. The minimum atomic E-state index is -4.35. The highest BCUT2D eigenvalue weighted by Crippen LogP contribution is 2.40. The molecule has 0 spiro atoms. The van der Waals surface area contributed by atoms with E-state index in [1.807, 2.05) is 29.2 Å². The molecular weight excluding hydrogens is 331 g/mol. The van der Waals surface area contributed by atoms with Crippen LogP contribution < -0.4 is 15.5 Å². The number of halogens is 3. The molecule has 2 aromatic carbocycles.